The van der Waals surface area contributed by atoms with E-state index in [1.807, 2.05) is 30.9 Å². The van der Waals surface area contributed by atoms with Gasteiger partial charge < -0.3 is 9.47 Å². The lowest BCUT2D eigenvalue weighted by Crippen LogP contribution is -2.35. The van der Waals surface area contributed by atoms with E-state index in [4.69, 9.17) is 21.1 Å². The minimum absolute atomic E-state index is 0.211. The molecule has 0 spiro atoms. The fourth-order valence-electron chi connectivity index (χ4n) is 1.74. The smallest absolute Gasteiger partial charge is 0.319 e. The Kier molecular flexibility index (Phi) is 6.12. The van der Waals surface area contributed by atoms with Crippen LogP contribution in [0.3, 0.4) is 0 Å². The molecule has 1 aromatic rings. The number of rotatable bonds is 6. The average molecular weight is 286 g/mol. The lowest BCUT2D eigenvalue weighted by atomic mass is 10.1. The van der Waals surface area contributed by atoms with E-state index in [1.54, 1.807) is 13.2 Å². The Balaban J connectivity index is 2.89. The maximum Gasteiger partial charge on any atom is 0.319 e. The third-order valence-electron chi connectivity index (χ3n) is 2.91. The number of benzene rings is 1. The topological polar surface area (TPSA) is 38.8 Å². The van der Waals surface area contributed by atoms with Crippen LogP contribution in [0.4, 0.5) is 0 Å². The normalized spacial score (nSPS) is 10.9. The van der Waals surface area contributed by atoms with E-state index in [0.29, 0.717) is 11.6 Å². The first-order valence-electron chi connectivity index (χ1n) is 6.11. The average Bonchev–Trinajstić information content (AvgIpc) is 2.37. The molecule has 0 unspecified atom stereocenters. The first-order valence-corrected chi connectivity index (χ1v) is 6.49. The minimum atomic E-state index is -0.255. The molecule has 0 amide bonds. The third-order valence-corrected chi connectivity index (χ3v) is 3.14. The number of hydrogen-bond acceptors (Lipinski definition) is 4. The molecule has 0 heterocycles. The van der Waals surface area contributed by atoms with Crippen molar-refractivity contribution in [3.63, 3.8) is 0 Å². The number of hydrogen-bond donors (Lipinski definition) is 0. The molecule has 0 N–H and O–H groups in total. The standard InChI is InChI=1S/C14H20ClNO3/c1-10(2)16(9-14(17)19-4)8-11-7-12(15)5-6-13(11)18-3/h5-7,10H,8-9H2,1-4H3. The molecular formula is C14H20ClNO3. The molecule has 19 heavy (non-hydrogen) atoms. The molecule has 4 nitrogen and oxygen atoms in total. The van der Waals surface area contributed by atoms with Crippen LogP contribution >= 0.6 is 11.6 Å². The zero-order chi connectivity index (χ0) is 14.4. The molecule has 0 aliphatic rings. The molecule has 5 heteroatoms. The van der Waals surface area contributed by atoms with Gasteiger partial charge in [0.15, 0.2) is 0 Å². The fourth-order valence-corrected chi connectivity index (χ4v) is 1.94. The summed E-state index contributed by atoms with van der Waals surface area (Å²) in [4.78, 5) is 13.4. The summed E-state index contributed by atoms with van der Waals surface area (Å²) in [5.74, 6) is 0.509. The zero-order valence-corrected chi connectivity index (χ0v) is 12.5. The first kappa shape index (κ1) is 15.8. The van der Waals surface area contributed by atoms with E-state index < -0.39 is 0 Å². The van der Waals surface area contributed by atoms with Crippen molar-refractivity contribution in [3.8, 4) is 5.75 Å². The molecule has 0 aliphatic heterocycles. The number of methoxy groups -OCH3 is 2. The van der Waals surface area contributed by atoms with Crippen LogP contribution in [0.2, 0.25) is 5.02 Å². The van der Waals surface area contributed by atoms with Crippen molar-refractivity contribution in [2.75, 3.05) is 20.8 Å². The van der Waals surface area contributed by atoms with Crippen LogP contribution < -0.4 is 4.74 Å². The third kappa shape index (κ3) is 4.73. The number of carbonyl (C=O) groups excluding carboxylic acids is 1. The Morgan fingerprint density at radius 1 is 1.37 bits per heavy atom. The van der Waals surface area contributed by atoms with Gasteiger partial charge in [-0.1, -0.05) is 11.6 Å². The Labute approximate surface area is 119 Å². The van der Waals surface area contributed by atoms with Gasteiger partial charge in [0.05, 0.1) is 20.8 Å². The van der Waals surface area contributed by atoms with E-state index in [-0.39, 0.29) is 18.6 Å². The highest BCUT2D eigenvalue weighted by Gasteiger charge is 2.17. The molecular weight excluding hydrogens is 266 g/mol. The van der Waals surface area contributed by atoms with Crippen LogP contribution in [0.25, 0.3) is 0 Å². The lowest BCUT2D eigenvalue weighted by molar-refractivity contribution is -0.142. The second-order valence-corrected chi connectivity index (χ2v) is 4.97. The zero-order valence-electron chi connectivity index (χ0n) is 11.8. The summed E-state index contributed by atoms with van der Waals surface area (Å²) in [7, 11) is 3.01. The molecule has 0 saturated heterocycles. The van der Waals surface area contributed by atoms with Crippen molar-refractivity contribution in [2.45, 2.75) is 26.4 Å². The predicted molar refractivity (Wildman–Crippen MR) is 75.6 cm³/mol. The molecule has 1 rings (SSSR count). The van der Waals surface area contributed by atoms with E-state index in [0.717, 1.165) is 11.3 Å². The second-order valence-electron chi connectivity index (χ2n) is 4.53. The lowest BCUT2D eigenvalue weighted by Gasteiger charge is -2.26. The van der Waals surface area contributed by atoms with Gasteiger partial charge in [-0.25, -0.2) is 0 Å². The van der Waals surface area contributed by atoms with Gasteiger partial charge in [-0.05, 0) is 32.0 Å². The van der Waals surface area contributed by atoms with Gasteiger partial charge in [0.25, 0.3) is 0 Å². The highest BCUT2D eigenvalue weighted by Crippen LogP contribution is 2.24. The van der Waals surface area contributed by atoms with Gasteiger partial charge >= 0.3 is 5.97 Å². The second kappa shape index (κ2) is 7.36. The van der Waals surface area contributed by atoms with Crippen molar-refractivity contribution in [2.24, 2.45) is 0 Å². The maximum absolute atomic E-state index is 11.4. The molecule has 0 radical (unpaired) electrons. The number of esters is 1. The summed E-state index contributed by atoms with van der Waals surface area (Å²) < 4.78 is 10.0. The van der Waals surface area contributed by atoms with Crippen LogP contribution in [-0.2, 0) is 16.1 Å². The van der Waals surface area contributed by atoms with E-state index in [1.165, 1.54) is 7.11 Å². The van der Waals surface area contributed by atoms with E-state index in [9.17, 15) is 4.79 Å². The van der Waals surface area contributed by atoms with Crippen molar-refractivity contribution in [1.82, 2.24) is 4.90 Å². The number of carbonyl (C=O) groups is 1. The Morgan fingerprint density at radius 3 is 2.58 bits per heavy atom. The number of nitrogens with zero attached hydrogens (tertiary/aromatic N) is 1. The summed E-state index contributed by atoms with van der Waals surface area (Å²) in [5, 5.41) is 0.651. The highest BCUT2D eigenvalue weighted by molar-refractivity contribution is 6.30. The van der Waals surface area contributed by atoms with Crippen LogP contribution in [0.1, 0.15) is 19.4 Å². The van der Waals surface area contributed by atoms with Crippen molar-refractivity contribution in [3.05, 3.63) is 28.8 Å². The van der Waals surface area contributed by atoms with Gasteiger partial charge in [0.1, 0.15) is 5.75 Å². The molecule has 106 valence electrons. The fraction of sp³-hybridized carbons (Fsp3) is 0.500. The Bertz CT molecular complexity index is 435. The van der Waals surface area contributed by atoms with Gasteiger partial charge in [-0.2, -0.15) is 0 Å². The summed E-state index contributed by atoms with van der Waals surface area (Å²) >= 11 is 6.00. The molecule has 0 saturated carbocycles. The van der Waals surface area contributed by atoms with Crippen LogP contribution in [0, 0.1) is 0 Å². The highest BCUT2D eigenvalue weighted by atomic mass is 35.5. The molecule has 0 fully saturated rings. The van der Waals surface area contributed by atoms with Crippen LogP contribution in [-0.4, -0.2) is 37.7 Å². The summed E-state index contributed by atoms with van der Waals surface area (Å²) in [6.07, 6.45) is 0. The van der Waals surface area contributed by atoms with Crippen molar-refractivity contribution < 1.29 is 14.3 Å². The minimum Gasteiger partial charge on any atom is -0.496 e. The summed E-state index contributed by atoms with van der Waals surface area (Å²) in [6.45, 7) is 4.88. The monoisotopic (exact) mass is 285 g/mol. The first-order chi connectivity index (χ1) is 8.97. The number of ether oxygens (including phenoxy) is 2. The number of halogens is 1. The summed E-state index contributed by atoms with van der Waals surface area (Å²) in [5.41, 5.74) is 0.951. The maximum atomic E-state index is 11.4. The Morgan fingerprint density at radius 2 is 2.05 bits per heavy atom. The van der Waals surface area contributed by atoms with E-state index in [2.05, 4.69) is 0 Å². The van der Waals surface area contributed by atoms with Gasteiger partial charge in [-0.15, -0.1) is 0 Å². The molecule has 0 aliphatic carbocycles. The van der Waals surface area contributed by atoms with Gasteiger partial charge in [-0.3, -0.25) is 9.69 Å². The van der Waals surface area contributed by atoms with Crippen molar-refractivity contribution >= 4 is 17.6 Å². The van der Waals surface area contributed by atoms with Crippen LogP contribution in [0.15, 0.2) is 18.2 Å². The molecule has 0 aromatic heterocycles. The molecule has 0 bridgehead atoms. The molecule has 0 atom stereocenters. The largest absolute Gasteiger partial charge is 0.496 e. The Hall–Kier alpha value is -1.26. The van der Waals surface area contributed by atoms with Gasteiger partial charge in [0.2, 0.25) is 0 Å². The van der Waals surface area contributed by atoms with Gasteiger partial charge in [0, 0.05) is 23.2 Å². The SMILES string of the molecule is COC(=O)CN(Cc1cc(Cl)ccc1OC)C(C)C. The predicted octanol–water partition coefficient (Wildman–Crippen LogP) is 2.73. The van der Waals surface area contributed by atoms with Crippen molar-refractivity contribution in [1.29, 1.82) is 0 Å². The quantitative estimate of drug-likeness (QED) is 0.754. The molecule has 1 aromatic carbocycles. The van der Waals surface area contributed by atoms with E-state index >= 15 is 0 Å². The van der Waals surface area contributed by atoms with Crippen LogP contribution in [0.5, 0.6) is 5.75 Å². The summed E-state index contributed by atoms with van der Waals surface area (Å²) in [6, 6.07) is 5.67.